The number of hydrogen-bond donors (Lipinski definition) is 2. The molecule has 2 aromatic carbocycles. The van der Waals surface area contributed by atoms with E-state index in [9.17, 15) is 24.3 Å². The summed E-state index contributed by atoms with van der Waals surface area (Å²) in [5, 5.41) is 13.4. The summed E-state index contributed by atoms with van der Waals surface area (Å²) in [4.78, 5) is 63.8. The van der Waals surface area contributed by atoms with Crippen molar-refractivity contribution in [2.75, 3.05) is 90.0 Å². The molecule has 0 saturated carbocycles. The van der Waals surface area contributed by atoms with Crippen molar-refractivity contribution < 1.29 is 24.3 Å². The third kappa shape index (κ3) is 11.3. The van der Waals surface area contributed by atoms with E-state index < -0.39 is 17.7 Å². The van der Waals surface area contributed by atoms with Crippen molar-refractivity contribution >= 4 is 68.8 Å². The summed E-state index contributed by atoms with van der Waals surface area (Å²) in [6, 6.07) is 11.9. The molecular formula is C36H50BrCl2N7O5. The van der Waals surface area contributed by atoms with E-state index in [4.69, 9.17) is 23.2 Å². The summed E-state index contributed by atoms with van der Waals surface area (Å²) >= 11 is 15.9. The topological polar surface area (TPSA) is 120 Å². The molecule has 4 rings (SSSR count). The second-order valence-corrected chi connectivity index (χ2v) is 15.0. The number of rotatable bonds is 12. The Morgan fingerprint density at radius 3 is 1.96 bits per heavy atom. The van der Waals surface area contributed by atoms with Crippen LogP contribution >= 0.6 is 39.1 Å². The predicted octanol–water partition coefficient (Wildman–Crippen LogP) is 5.36. The average molecular weight is 812 g/mol. The van der Waals surface area contributed by atoms with Crippen LogP contribution in [0.15, 0.2) is 46.9 Å². The van der Waals surface area contributed by atoms with Gasteiger partial charge in [-0.15, -0.1) is 0 Å². The number of amides is 5. The normalized spacial score (nSPS) is 20.4. The van der Waals surface area contributed by atoms with Gasteiger partial charge in [0.05, 0.1) is 12.2 Å². The minimum absolute atomic E-state index is 0.138. The molecule has 5 amide bonds. The Hall–Kier alpha value is -2.94. The molecule has 0 aliphatic carbocycles. The lowest BCUT2D eigenvalue weighted by atomic mass is 9.91. The first kappa shape index (κ1) is 40.8. The number of carbonyl (C=O) groups is 4. The molecule has 51 heavy (non-hydrogen) atoms. The quantitative estimate of drug-likeness (QED) is 0.217. The summed E-state index contributed by atoms with van der Waals surface area (Å²) in [7, 11) is 0. The van der Waals surface area contributed by atoms with Crippen LogP contribution in [0.5, 0.6) is 0 Å². The second-order valence-electron chi connectivity index (χ2n) is 13.3. The van der Waals surface area contributed by atoms with Gasteiger partial charge in [-0.1, -0.05) is 65.1 Å². The van der Waals surface area contributed by atoms with E-state index in [2.05, 4.69) is 44.9 Å². The number of carbonyl (C=O) groups excluding carboxylic acids is 3. The molecule has 0 bridgehead atoms. The smallest absolute Gasteiger partial charge is 0.407 e. The highest BCUT2D eigenvalue weighted by molar-refractivity contribution is 9.10. The van der Waals surface area contributed by atoms with E-state index in [0.29, 0.717) is 80.8 Å². The van der Waals surface area contributed by atoms with Gasteiger partial charge in [-0.05, 0) is 68.8 Å². The van der Waals surface area contributed by atoms with Crippen LogP contribution in [0.2, 0.25) is 10.0 Å². The van der Waals surface area contributed by atoms with Gasteiger partial charge in [-0.2, -0.15) is 0 Å². The van der Waals surface area contributed by atoms with Gasteiger partial charge in [0.1, 0.15) is 5.54 Å². The highest BCUT2D eigenvalue weighted by Crippen LogP contribution is 2.37. The first-order chi connectivity index (χ1) is 24.3. The van der Waals surface area contributed by atoms with Gasteiger partial charge in [0.15, 0.2) is 0 Å². The third-order valence-electron chi connectivity index (χ3n) is 9.75. The number of hydrogen-bond acceptors (Lipinski definition) is 7. The second kappa shape index (κ2) is 19.2. The zero-order chi connectivity index (χ0) is 37.1. The number of imide groups is 1. The maximum absolute atomic E-state index is 14.0. The van der Waals surface area contributed by atoms with Gasteiger partial charge in [0, 0.05) is 86.4 Å². The van der Waals surface area contributed by atoms with E-state index in [1.807, 2.05) is 29.2 Å². The third-order valence-corrected chi connectivity index (χ3v) is 10.7. The van der Waals surface area contributed by atoms with Crippen LogP contribution in [0.3, 0.4) is 0 Å². The molecule has 12 nitrogen and oxygen atoms in total. The molecule has 280 valence electrons. The standard InChI is InChI=1S/C36H50BrCl2N7O5/c1-4-41-14-15-42(5-2)18-20-44(35(50)51)21-19-43(17-16-41)26-32(47)40-12-6-7-13-45-34(49)46(31-23-29(38)22-30(39)24-31)33(48)36(45,3)25-27-8-10-28(37)11-9-27/h8-11,22-24H,4-7,12-21,25-26H2,1-3H3,(H,40,47)(H,50,51)/t36-/m0/s1. The van der Waals surface area contributed by atoms with Crippen LogP contribution in [-0.2, 0) is 16.0 Å². The van der Waals surface area contributed by atoms with Crippen molar-refractivity contribution in [2.24, 2.45) is 0 Å². The van der Waals surface area contributed by atoms with Crippen LogP contribution < -0.4 is 10.2 Å². The van der Waals surface area contributed by atoms with Gasteiger partial charge in [0.2, 0.25) is 5.91 Å². The monoisotopic (exact) mass is 809 g/mol. The number of carboxylic acid groups (broad SMARTS) is 1. The molecule has 2 saturated heterocycles. The lowest BCUT2D eigenvalue weighted by Gasteiger charge is -2.32. The molecule has 0 radical (unpaired) electrons. The van der Waals surface area contributed by atoms with Gasteiger partial charge < -0.3 is 30.0 Å². The fourth-order valence-corrected chi connectivity index (χ4v) is 7.36. The molecule has 2 aliphatic rings. The van der Waals surface area contributed by atoms with Crippen LogP contribution in [0.4, 0.5) is 15.3 Å². The minimum atomic E-state index is -1.16. The summed E-state index contributed by atoms with van der Waals surface area (Å²) in [6.07, 6.45) is 0.504. The number of unbranched alkanes of at least 4 members (excludes halogenated alkanes) is 1. The molecular weight excluding hydrogens is 761 g/mol. The number of halogens is 3. The van der Waals surface area contributed by atoms with Crippen molar-refractivity contribution in [1.29, 1.82) is 0 Å². The number of nitrogens with one attached hydrogen (secondary N) is 1. The molecule has 0 aromatic heterocycles. The Labute approximate surface area is 319 Å². The summed E-state index contributed by atoms with van der Waals surface area (Å²) in [6.45, 7) is 13.7. The first-order valence-corrected chi connectivity index (χ1v) is 19.2. The maximum atomic E-state index is 14.0. The van der Waals surface area contributed by atoms with Gasteiger partial charge in [-0.25, -0.2) is 14.5 Å². The van der Waals surface area contributed by atoms with E-state index in [0.717, 1.165) is 47.7 Å². The van der Waals surface area contributed by atoms with Gasteiger partial charge in [-0.3, -0.25) is 14.5 Å². The maximum Gasteiger partial charge on any atom is 0.407 e. The fraction of sp³-hybridized carbons (Fsp3) is 0.556. The number of anilines is 1. The summed E-state index contributed by atoms with van der Waals surface area (Å²) in [5.41, 5.74) is 0.0651. The van der Waals surface area contributed by atoms with E-state index in [1.54, 1.807) is 30.0 Å². The van der Waals surface area contributed by atoms with Gasteiger partial charge in [0.25, 0.3) is 5.91 Å². The number of nitrogens with zero attached hydrogens (tertiary/aromatic N) is 6. The number of benzene rings is 2. The van der Waals surface area contributed by atoms with Crippen molar-refractivity contribution in [3.05, 3.63) is 62.5 Å². The molecule has 2 fully saturated rings. The van der Waals surface area contributed by atoms with Crippen molar-refractivity contribution in [3.8, 4) is 0 Å². The highest BCUT2D eigenvalue weighted by Gasteiger charge is 2.54. The molecule has 2 aliphatic heterocycles. The largest absolute Gasteiger partial charge is 0.465 e. The van der Waals surface area contributed by atoms with E-state index >= 15 is 0 Å². The molecule has 0 spiro atoms. The lowest BCUT2D eigenvalue weighted by molar-refractivity contribution is -0.124. The highest BCUT2D eigenvalue weighted by atomic mass is 79.9. The summed E-state index contributed by atoms with van der Waals surface area (Å²) < 4.78 is 0.913. The Bertz CT molecular complexity index is 1500. The minimum Gasteiger partial charge on any atom is -0.465 e. The number of urea groups is 1. The fourth-order valence-electron chi connectivity index (χ4n) is 6.58. The first-order valence-electron chi connectivity index (χ1n) is 17.6. The molecule has 2 heterocycles. The predicted molar refractivity (Wildman–Crippen MR) is 205 cm³/mol. The number of likely N-dealkylation sites (N-methyl/N-ethyl adjacent to an activating group) is 2. The summed E-state index contributed by atoms with van der Waals surface area (Å²) in [5.74, 6) is -0.500. The van der Waals surface area contributed by atoms with Crippen LogP contribution in [-0.4, -0.2) is 144 Å². The molecule has 2 N–H and O–H groups in total. The Balaban J connectivity index is 1.36. The van der Waals surface area contributed by atoms with Gasteiger partial charge >= 0.3 is 12.1 Å². The Morgan fingerprint density at radius 1 is 0.843 bits per heavy atom. The Morgan fingerprint density at radius 2 is 1.39 bits per heavy atom. The van der Waals surface area contributed by atoms with Crippen molar-refractivity contribution in [1.82, 2.24) is 29.8 Å². The average Bonchev–Trinajstić information content (AvgIpc) is 3.26. The molecule has 15 heteroatoms. The van der Waals surface area contributed by atoms with Crippen molar-refractivity contribution in [2.45, 2.75) is 45.6 Å². The van der Waals surface area contributed by atoms with Crippen LogP contribution in [0.25, 0.3) is 0 Å². The molecule has 2 aromatic rings. The Kier molecular flexibility index (Phi) is 15.4. The SMILES string of the molecule is CCN1CCN(CC)CCN(C(=O)O)CCN(CC(=O)NCCCCN2C(=O)N(c3cc(Cl)cc(Cl)c3)C(=O)[C@]2(C)Cc2ccc(Br)cc2)CC1. The molecule has 0 unspecified atom stereocenters. The van der Waals surface area contributed by atoms with Crippen molar-refractivity contribution in [3.63, 3.8) is 0 Å². The van der Waals surface area contributed by atoms with Crippen LogP contribution in [0, 0.1) is 0 Å². The molecule has 1 atom stereocenters. The van der Waals surface area contributed by atoms with E-state index in [1.165, 1.54) is 4.90 Å². The lowest BCUT2D eigenvalue weighted by Crippen LogP contribution is -2.49. The zero-order valence-electron chi connectivity index (χ0n) is 29.8. The van der Waals surface area contributed by atoms with E-state index in [-0.39, 0.29) is 18.4 Å². The van der Waals surface area contributed by atoms with Crippen LogP contribution in [0.1, 0.15) is 39.2 Å². The zero-order valence-corrected chi connectivity index (χ0v) is 32.9.